The quantitative estimate of drug-likeness (QED) is 0.527. The number of hydrogen-bond acceptors (Lipinski definition) is 3. The number of H-pyrrole nitrogens is 1. The maximum atomic E-state index is 12.2. The molecule has 2 heterocycles. The molecule has 2 aromatic heterocycles. The Labute approximate surface area is 151 Å². The van der Waals surface area contributed by atoms with E-state index in [0.29, 0.717) is 13.0 Å². The summed E-state index contributed by atoms with van der Waals surface area (Å²) in [6, 6.07) is 17.8. The van der Waals surface area contributed by atoms with E-state index in [4.69, 9.17) is 0 Å². The largest absolute Gasteiger partial charge is 0.356 e. The minimum atomic E-state index is 0.0211. The molecule has 0 spiro atoms. The van der Waals surface area contributed by atoms with Crippen LogP contribution in [-0.2, 0) is 17.6 Å². The normalized spacial score (nSPS) is 11.1. The molecule has 0 radical (unpaired) electrons. The Bertz CT molecular complexity index is 1020. The van der Waals surface area contributed by atoms with E-state index < -0.39 is 0 Å². The lowest BCUT2D eigenvalue weighted by Crippen LogP contribution is -2.26. The van der Waals surface area contributed by atoms with Gasteiger partial charge >= 0.3 is 0 Å². The van der Waals surface area contributed by atoms with Gasteiger partial charge in [0.15, 0.2) is 0 Å². The van der Waals surface area contributed by atoms with Crippen molar-refractivity contribution in [3.05, 3.63) is 72.2 Å². The number of amides is 1. The maximum Gasteiger partial charge on any atom is 0.224 e. The van der Waals surface area contributed by atoms with Crippen molar-refractivity contribution in [2.45, 2.75) is 19.3 Å². The van der Waals surface area contributed by atoms with Crippen LogP contribution in [0.2, 0.25) is 0 Å². The number of pyridine rings is 1. The fraction of sp³-hybridized carbons (Fsp3) is 0.190. The number of benzene rings is 2. The number of aryl methyl sites for hydroxylation is 1. The molecule has 0 saturated heterocycles. The molecule has 0 bridgehead atoms. The first-order chi connectivity index (χ1) is 12.8. The molecule has 5 nitrogen and oxygen atoms in total. The van der Waals surface area contributed by atoms with Crippen LogP contribution in [-0.4, -0.2) is 27.4 Å². The first-order valence-electron chi connectivity index (χ1n) is 8.82. The van der Waals surface area contributed by atoms with Gasteiger partial charge in [0.05, 0.1) is 23.0 Å². The smallest absolute Gasteiger partial charge is 0.224 e. The maximum absolute atomic E-state index is 12.2. The minimum Gasteiger partial charge on any atom is -0.356 e. The summed E-state index contributed by atoms with van der Waals surface area (Å²) in [5, 5.41) is 4.05. The molecule has 2 aromatic carbocycles. The van der Waals surface area contributed by atoms with Crippen LogP contribution >= 0.6 is 0 Å². The number of carbonyl (C=O) groups is 1. The third-order valence-electron chi connectivity index (χ3n) is 4.42. The molecule has 130 valence electrons. The fourth-order valence-corrected chi connectivity index (χ4v) is 3.15. The van der Waals surface area contributed by atoms with Gasteiger partial charge in [-0.15, -0.1) is 0 Å². The molecule has 1 amide bonds. The van der Waals surface area contributed by atoms with Crippen LogP contribution < -0.4 is 5.32 Å². The second-order valence-corrected chi connectivity index (χ2v) is 6.32. The molecule has 4 rings (SSSR count). The third kappa shape index (κ3) is 3.57. The van der Waals surface area contributed by atoms with Gasteiger partial charge in [-0.1, -0.05) is 36.4 Å². The van der Waals surface area contributed by atoms with Crippen LogP contribution in [0.3, 0.4) is 0 Å². The molecule has 0 aliphatic heterocycles. The number of fused-ring (bicyclic) bond motifs is 2. The van der Waals surface area contributed by atoms with Crippen molar-refractivity contribution in [1.29, 1.82) is 0 Å². The van der Waals surface area contributed by atoms with Crippen LogP contribution in [0.1, 0.15) is 17.8 Å². The molecule has 0 unspecified atom stereocenters. The summed E-state index contributed by atoms with van der Waals surface area (Å²) in [6.07, 6.45) is 3.76. The van der Waals surface area contributed by atoms with Crippen LogP contribution in [0.25, 0.3) is 21.9 Å². The Balaban J connectivity index is 1.30. The second kappa shape index (κ2) is 7.35. The molecular weight excluding hydrogens is 324 g/mol. The lowest BCUT2D eigenvalue weighted by atomic mass is 10.1. The monoisotopic (exact) mass is 344 g/mol. The van der Waals surface area contributed by atoms with E-state index >= 15 is 0 Å². The van der Waals surface area contributed by atoms with E-state index in [1.54, 1.807) is 6.20 Å². The van der Waals surface area contributed by atoms with Crippen molar-refractivity contribution < 1.29 is 4.79 Å². The number of aromatic nitrogens is 3. The molecule has 26 heavy (non-hydrogen) atoms. The number of hydrogen-bond donors (Lipinski definition) is 2. The van der Waals surface area contributed by atoms with E-state index in [-0.39, 0.29) is 5.91 Å². The van der Waals surface area contributed by atoms with Gasteiger partial charge < -0.3 is 10.3 Å². The fourth-order valence-electron chi connectivity index (χ4n) is 3.15. The molecule has 0 aliphatic carbocycles. The first kappa shape index (κ1) is 16.3. The molecule has 0 saturated carbocycles. The van der Waals surface area contributed by atoms with Gasteiger partial charge in [0, 0.05) is 24.5 Å². The van der Waals surface area contributed by atoms with Gasteiger partial charge in [-0.05, 0) is 30.2 Å². The van der Waals surface area contributed by atoms with Crippen molar-refractivity contribution in [1.82, 2.24) is 20.3 Å². The van der Waals surface area contributed by atoms with Gasteiger partial charge in [-0.3, -0.25) is 9.78 Å². The summed E-state index contributed by atoms with van der Waals surface area (Å²) in [4.78, 5) is 24.5. The number of imidazole rings is 1. The Kier molecular flexibility index (Phi) is 4.60. The highest BCUT2D eigenvalue weighted by atomic mass is 16.1. The van der Waals surface area contributed by atoms with E-state index in [2.05, 4.69) is 20.3 Å². The average molecular weight is 344 g/mol. The third-order valence-corrected chi connectivity index (χ3v) is 4.42. The predicted molar refractivity (Wildman–Crippen MR) is 103 cm³/mol. The molecule has 2 N–H and O–H groups in total. The lowest BCUT2D eigenvalue weighted by molar-refractivity contribution is -0.120. The van der Waals surface area contributed by atoms with Crippen molar-refractivity contribution >= 4 is 27.8 Å². The van der Waals surface area contributed by atoms with Crippen molar-refractivity contribution in [3.63, 3.8) is 0 Å². The van der Waals surface area contributed by atoms with E-state index in [0.717, 1.165) is 46.2 Å². The van der Waals surface area contributed by atoms with Crippen molar-refractivity contribution in [2.24, 2.45) is 0 Å². The van der Waals surface area contributed by atoms with Gasteiger partial charge in [0.2, 0.25) is 5.91 Å². The van der Waals surface area contributed by atoms with Crippen LogP contribution in [0.4, 0.5) is 0 Å². The Hall–Kier alpha value is -3.21. The van der Waals surface area contributed by atoms with Crippen molar-refractivity contribution in [3.8, 4) is 0 Å². The number of carbonyl (C=O) groups excluding carboxylic acids is 1. The van der Waals surface area contributed by atoms with Crippen molar-refractivity contribution in [2.75, 3.05) is 6.54 Å². The van der Waals surface area contributed by atoms with Gasteiger partial charge in [-0.25, -0.2) is 4.98 Å². The predicted octanol–water partition coefficient (Wildman–Crippen LogP) is 3.40. The number of rotatable bonds is 6. The summed E-state index contributed by atoms with van der Waals surface area (Å²) in [7, 11) is 0. The molecule has 4 aromatic rings. The Morgan fingerprint density at radius 1 is 1.04 bits per heavy atom. The molecular formula is C21H20N4O. The topological polar surface area (TPSA) is 70.7 Å². The highest BCUT2D eigenvalue weighted by molar-refractivity contribution is 5.87. The zero-order chi connectivity index (χ0) is 17.8. The van der Waals surface area contributed by atoms with Gasteiger partial charge in [0.1, 0.15) is 5.82 Å². The van der Waals surface area contributed by atoms with Crippen LogP contribution in [0, 0.1) is 0 Å². The SMILES string of the molecule is O=C(Cc1cccc2cccnc12)NCCCc1nc2ccccc2[nH]1. The molecule has 0 atom stereocenters. The summed E-state index contributed by atoms with van der Waals surface area (Å²) in [6.45, 7) is 0.633. The minimum absolute atomic E-state index is 0.0211. The average Bonchev–Trinajstić information content (AvgIpc) is 3.08. The van der Waals surface area contributed by atoms with Gasteiger partial charge in [-0.2, -0.15) is 0 Å². The highest BCUT2D eigenvalue weighted by Gasteiger charge is 2.08. The lowest BCUT2D eigenvalue weighted by Gasteiger charge is -2.07. The van der Waals surface area contributed by atoms with Crippen LogP contribution in [0.5, 0.6) is 0 Å². The first-order valence-corrected chi connectivity index (χ1v) is 8.82. The van der Waals surface area contributed by atoms with E-state index in [9.17, 15) is 4.79 Å². The summed E-state index contributed by atoms with van der Waals surface area (Å²) in [5.41, 5.74) is 3.88. The van der Waals surface area contributed by atoms with E-state index in [1.807, 2.05) is 54.6 Å². The molecule has 0 fully saturated rings. The molecule has 5 heteroatoms. The molecule has 0 aliphatic rings. The number of aromatic amines is 1. The van der Waals surface area contributed by atoms with Gasteiger partial charge in [0.25, 0.3) is 0 Å². The van der Waals surface area contributed by atoms with E-state index in [1.165, 1.54) is 0 Å². The number of para-hydroxylation sites is 3. The number of nitrogens with one attached hydrogen (secondary N) is 2. The zero-order valence-corrected chi connectivity index (χ0v) is 14.4. The standard InChI is InChI=1S/C21H20N4O/c26-20(14-16-7-3-6-15-8-4-13-23-21(15)16)22-12-5-11-19-24-17-9-1-2-10-18(17)25-19/h1-4,6-10,13H,5,11-12,14H2,(H,22,26)(H,24,25). The Morgan fingerprint density at radius 3 is 2.85 bits per heavy atom. The number of nitrogens with zero attached hydrogens (tertiary/aromatic N) is 2. The highest BCUT2D eigenvalue weighted by Crippen LogP contribution is 2.16. The zero-order valence-electron chi connectivity index (χ0n) is 14.4. The summed E-state index contributed by atoms with van der Waals surface area (Å²) < 4.78 is 0. The Morgan fingerprint density at radius 2 is 1.92 bits per heavy atom. The summed E-state index contributed by atoms with van der Waals surface area (Å²) >= 11 is 0. The second-order valence-electron chi connectivity index (χ2n) is 6.32. The summed E-state index contributed by atoms with van der Waals surface area (Å²) in [5.74, 6) is 0.978. The van der Waals surface area contributed by atoms with Crippen LogP contribution in [0.15, 0.2) is 60.8 Å².